The van der Waals surface area contributed by atoms with Crippen LogP contribution in [0, 0.1) is 6.92 Å². The number of nitrogens with one attached hydrogen (secondary N) is 1. The number of anilines is 1. The van der Waals surface area contributed by atoms with E-state index in [1.165, 1.54) is 11.3 Å². The molecule has 0 aliphatic carbocycles. The third-order valence-corrected chi connectivity index (χ3v) is 4.97. The maximum absolute atomic E-state index is 13.0. The topological polar surface area (TPSA) is 37.3 Å². The monoisotopic (exact) mass is 345 g/mol. The Bertz CT molecular complexity index is 901. The average Bonchev–Trinajstić information content (AvgIpc) is 3.12. The van der Waals surface area contributed by atoms with Crippen molar-refractivity contribution in [1.82, 2.24) is 9.47 Å². The van der Waals surface area contributed by atoms with Gasteiger partial charge in [-0.1, -0.05) is 42.5 Å². The lowest BCUT2D eigenvalue weighted by molar-refractivity contribution is 0.167. The first-order valence-corrected chi connectivity index (χ1v) is 9.04. The molecule has 1 aliphatic rings. The van der Waals surface area contributed by atoms with Crippen molar-refractivity contribution in [2.45, 2.75) is 25.9 Å². The Morgan fingerprint density at radius 1 is 1.04 bits per heavy atom. The zero-order valence-electron chi connectivity index (χ0n) is 14.9. The summed E-state index contributed by atoms with van der Waals surface area (Å²) < 4.78 is 2.25. The third kappa shape index (κ3) is 3.36. The Morgan fingerprint density at radius 2 is 1.88 bits per heavy atom. The zero-order chi connectivity index (χ0) is 17.9. The molecule has 0 fully saturated rings. The molecule has 2 aromatic carbocycles. The van der Waals surface area contributed by atoms with Gasteiger partial charge in [0.25, 0.3) is 0 Å². The van der Waals surface area contributed by atoms with Crippen LogP contribution in [0.1, 0.15) is 22.9 Å². The minimum Gasteiger partial charge on any atom is -0.348 e. The van der Waals surface area contributed by atoms with Crippen LogP contribution in [0.25, 0.3) is 0 Å². The Morgan fingerprint density at radius 3 is 2.69 bits per heavy atom. The van der Waals surface area contributed by atoms with E-state index >= 15 is 0 Å². The highest BCUT2D eigenvalue weighted by Gasteiger charge is 2.31. The van der Waals surface area contributed by atoms with E-state index in [0.717, 1.165) is 24.2 Å². The molecule has 1 aromatic heterocycles. The van der Waals surface area contributed by atoms with Crippen LogP contribution in [-0.2, 0) is 13.0 Å². The van der Waals surface area contributed by atoms with Crippen LogP contribution in [0.15, 0.2) is 72.9 Å². The summed E-state index contributed by atoms with van der Waals surface area (Å²) in [5, 5.41) is 3.07. The summed E-state index contributed by atoms with van der Waals surface area (Å²) in [6.07, 6.45) is 2.91. The quantitative estimate of drug-likeness (QED) is 0.738. The molecule has 4 nitrogen and oxygen atoms in total. The normalized spacial score (nSPS) is 16.2. The Balaban J connectivity index is 1.60. The van der Waals surface area contributed by atoms with Gasteiger partial charge in [0.1, 0.15) is 0 Å². The van der Waals surface area contributed by atoms with Gasteiger partial charge in [0, 0.05) is 30.7 Å². The van der Waals surface area contributed by atoms with Gasteiger partial charge in [-0.2, -0.15) is 0 Å². The second-order valence-corrected chi connectivity index (χ2v) is 6.82. The molecule has 26 heavy (non-hydrogen) atoms. The summed E-state index contributed by atoms with van der Waals surface area (Å²) in [5.74, 6) is 0. The summed E-state index contributed by atoms with van der Waals surface area (Å²) in [6, 6.07) is 22.5. The van der Waals surface area contributed by atoms with E-state index < -0.39 is 0 Å². The Hall–Kier alpha value is -3.01. The highest BCUT2D eigenvalue weighted by Crippen LogP contribution is 2.30. The van der Waals surface area contributed by atoms with Gasteiger partial charge < -0.3 is 14.8 Å². The number of hydrogen-bond donors (Lipinski definition) is 1. The number of amides is 2. The van der Waals surface area contributed by atoms with Gasteiger partial charge >= 0.3 is 6.03 Å². The lowest BCUT2D eigenvalue weighted by atomic mass is 10.0. The van der Waals surface area contributed by atoms with Gasteiger partial charge in [0.05, 0.1) is 6.04 Å². The number of carbonyl (C=O) groups is 1. The van der Waals surface area contributed by atoms with Crippen LogP contribution in [0.3, 0.4) is 0 Å². The van der Waals surface area contributed by atoms with Crippen molar-refractivity contribution in [3.05, 3.63) is 89.7 Å². The fourth-order valence-electron chi connectivity index (χ4n) is 3.68. The summed E-state index contributed by atoms with van der Waals surface area (Å²) in [7, 11) is 0. The summed E-state index contributed by atoms with van der Waals surface area (Å²) in [5.41, 5.74) is 4.41. The number of benzene rings is 2. The zero-order valence-corrected chi connectivity index (χ0v) is 14.9. The van der Waals surface area contributed by atoms with E-state index in [-0.39, 0.29) is 12.1 Å². The molecule has 4 heteroatoms. The van der Waals surface area contributed by atoms with Crippen molar-refractivity contribution in [2.75, 3.05) is 11.9 Å². The minimum atomic E-state index is -0.0380. The molecule has 132 valence electrons. The van der Waals surface area contributed by atoms with Gasteiger partial charge in [-0.3, -0.25) is 0 Å². The smallest absolute Gasteiger partial charge is 0.322 e. The summed E-state index contributed by atoms with van der Waals surface area (Å²) in [6.45, 7) is 3.56. The van der Waals surface area contributed by atoms with Gasteiger partial charge in [-0.15, -0.1) is 0 Å². The van der Waals surface area contributed by atoms with Crippen LogP contribution in [0.5, 0.6) is 0 Å². The first-order chi connectivity index (χ1) is 12.7. The van der Waals surface area contributed by atoms with Gasteiger partial charge in [0.15, 0.2) is 0 Å². The van der Waals surface area contributed by atoms with E-state index in [4.69, 9.17) is 0 Å². The standard InChI is InChI=1S/C22H23N3O/c1-17-7-5-10-19(15-17)23-22(26)25-14-13-24-12-6-11-20(24)21(25)16-18-8-3-2-4-9-18/h2-12,15,21H,13-14,16H2,1H3,(H,23,26). The summed E-state index contributed by atoms with van der Waals surface area (Å²) in [4.78, 5) is 15.0. The van der Waals surface area contributed by atoms with Crippen molar-refractivity contribution >= 4 is 11.7 Å². The first-order valence-electron chi connectivity index (χ1n) is 9.04. The molecule has 0 spiro atoms. The van der Waals surface area contributed by atoms with Crippen LogP contribution in [0.4, 0.5) is 10.5 Å². The van der Waals surface area contributed by atoms with Crippen LogP contribution < -0.4 is 5.32 Å². The summed E-state index contributed by atoms with van der Waals surface area (Å²) >= 11 is 0. The molecule has 2 amide bonds. The lowest BCUT2D eigenvalue weighted by Crippen LogP contribution is -2.44. The van der Waals surface area contributed by atoms with Gasteiger partial charge in [-0.25, -0.2) is 4.79 Å². The first kappa shape index (κ1) is 16.5. The highest BCUT2D eigenvalue weighted by molar-refractivity contribution is 5.89. The Kier molecular flexibility index (Phi) is 4.48. The molecule has 0 bridgehead atoms. The number of aryl methyl sites for hydroxylation is 1. The van der Waals surface area contributed by atoms with E-state index in [1.807, 2.05) is 54.3 Å². The SMILES string of the molecule is Cc1cccc(NC(=O)N2CCn3cccc3C2Cc2ccccc2)c1. The predicted molar refractivity (Wildman–Crippen MR) is 104 cm³/mol. The molecule has 0 saturated carbocycles. The highest BCUT2D eigenvalue weighted by atomic mass is 16.2. The number of carbonyl (C=O) groups excluding carboxylic acids is 1. The fraction of sp³-hybridized carbons (Fsp3) is 0.227. The van der Waals surface area contributed by atoms with Crippen molar-refractivity contribution in [3.8, 4) is 0 Å². The second kappa shape index (κ2) is 7.08. The van der Waals surface area contributed by atoms with E-state index in [9.17, 15) is 4.79 Å². The van der Waals surface area contributed by atoms with Crippen molar-refractivity contribution in [1.29, 1.82) is 0 Å². The number of urea groups is 1. The van der Waals surface area contributed by atoms with Crippen LogP contribution >= 0.6 is 0 Å². The minimum absolute atomic E-state index is 0.0333. The van der Waals surface area contributed by atoms with Crippen LogP contribution in [-0.4, -0.2) is 22.0 Å². The molecule has 1 atom stereocenters. The fourth-order valence-corrected chi connectivity index (χ4v) is 3.68. The van der Waals surface area contributed by atoms with Crippen molar-refractivity contribution < 1.29 is 4.79 Å². The maximum atomic E-state index is 13.0. The van der Waals surface area contributed by atoms with E-state index in [1.54, 1.807) is 0 Å². The molecular formula is C22H23N3O. The van der Waals surface area contributed by atoms with Crippen molar-refractivity contribution in [2.24, 2.45) is 0 Å². The second-order valence-electron chi connectivity index (χ2n) is 6.82. The van der Waals surface area contributed by atoms with Crippen LogP contribution in [0.2, 0.25) is 0 Å². The number of hydrogen-bond acceptors (Lipinski definition) is 1. The van der Waals surface area contributed by atoms with E-state index in [0.29, 0.717) is 6.54 Å². The predicted octanol–water partition coefficient (Wildman–Crippen LogP) is 4.63. The molecule has 1 aliphatic heterocycles. The maximum Gasteiger partial charge on any atom is 0.322 e. The number of rotatable bonds is 3. The largest absolute Gasteiger partial charge is 0.348 e. The van der Waals surface area contributed by atoms with Gasteiger partial charge in [-0.05, 0) is 48.7 Å². The number of fused-ring (bicyclic) bond motifs is 1. The molecule has 1 unspecified atom stereocenters. The molecular weight excluding hydrogens is 322 g/mol. The molecule has 3 aromatic rings. The average molecular weight is 345 g/mol. The molecule has 1 N–H and O–H groups in total. The lowest BCUT2D eigenvalue weighted by Gasteiger charge is -2.37. The number of nitrogens with zero attached hydrogens (tertiary/aromatic N) is 2. The number of aromatic nitrogens is 1. The van der Waals surface area contributed by atoms with E-state index in [2.05, 4.69) is 40.3 Å². The van der Waals surface area contributed by atoms with Gasteiger partial charge in [0.2, 0.25) is 0 Å². The molecule has 2 heterocycles. The Labute approximate surface area is 154 Å². The van der Waals surface area contributed by atoms with Crippen molar-refractivity contribution in [3.63, 3.8) is 0 Å². The molecule has 4 rings (SSSR count). The molecule has 0 saturated heterocycles. The third-order valence-electron chi connectivity index (χ3n) is 4.97. The molecule has 0 radical (unpaired) electrons.